The summed E-state index contributed by atoms with van der Waals surface area (Å²) in [6.07, 6.45) is 6.04. The maximum absolute atomic E-state index is 13.2. The number of carbonyl (C=O) groups excluding carboxylic acids is 1. The maximum atomic E-state index is 13.2. The first kappa shape index (κ1) is 22.8. The van der Waals surface area contributed by atoms with E-state index >= 15 is 0 Å². The van der Waals surface area contributed by atoms with E-state index in [9.17, 15) is 13.2 Å². The van der Waals surface area contributed by atoms with Gasteiger partial charge in [-0.2, -0.15) is 0 Å². The summed E-state index contributed by atoms with van der Waals surface area (Å²) in [7, 11) is -2.41. The fourth-order valence-electron chi connectivity index (χ4n) is 3.41. The Morgan fingerprint density at radius 2 is 1.80 bits per heavy atom. The summed E-state index contributed by atoms with van der Waals surface area (Å²) in [5.74, 6) is 0.333. The number of methoxy groups -OCH3 is 1. The molecule has 0 atom stereocenters. The average Bonchev–Trinajstić information content (AvgIpc) is 3.02. The lowest BCUT2D eigenvalue weighted by atomic mass is 10.2. The number of likely N-dealkylation sites (tertiary alicyclic amines) is 1. The Balaban J connectivity index is 1.90. The number of anilines is 1. The highest BCUT2D eigenvalue weighted by molar-refractivity contribution is 7.98. The van der Waals surface area contributed by atoms with Crippen molar-refractivity contribution in [1.82, 2.24) is 4.90 Å². The van der Waals surface area contributed by atoms with Gasteiger partial charge in [-0.05, 0) is 55.5 Å². The zero-order valence-electron chi connectivity index (χ0n) is 17.0. The van der Waals surface area contributed by atoms with Crippen LogP contribution in [0.4, 0.5) is 5.69 Å². The smallest absolute Gasteiger partial charge is 0.261 e. The van der Waals surface area contributed by atoms with Crippen LogP contribution in [-0.2, 0) is 10.0 Å². The molecule has 0 radical (unpaired) electrons. The van der Waals surface area contributed by atoms with Crippen LogP contribution in [0, 0.1) is 0 Å². The van der Waals surface area contributed by atoms with Gasteiger partial charge in [0, 0.05) is 18.0 Å². The van der Waals surface area contributed by atoms with Crippen molar-refractivity contribution < 1.29 is 17.9 Å². The number of benzene rings is 2. The Bertz CT molecular complexity index is 1020. The summed E-state index contributed by atoms with van der Waals surface area (Å²) in [4.78, 5) is 15.8. The number of sulfonamides is 1. The predicted octanol–water partition coefficient (Wildman–Crippen LogP) is 4.89. The standard InChI is InChI=1S/C21H25ClN2O4S2/c1-28-19-9-7-15(13-18(19)22)23-30(26,27)16-8-10-20(29-2)17(14-16)21(25)24-11-5-3-4-6-12-24/h7-10,13-14,23H,3-6,11-12H2,1-2H3. The molecule has 9 heteroatoms. The number of halogens is 1. The van der Waals surface area contributed by atoms with Crippen LogP contribution in [0.1, 0.15) is 36.0 Å². The lowest BCUT2D eigenvalue weighted by Crippen LogP contribution is -2.32. The highest BCUT2D eigenvalue weighted by Gasteiger charge is 2.23. The van der Waals surface area contributed by atoms with Gasteiger partial charge < -0.3 is 9.64 Å². The molecule has 0 aromatic heterocycles. The van der Waals surface area contributed by atoms with E-state index in [1.165, 1.54) is 37.1 Å². The quantitative estimate of drug-likeness (QED) is 0.611. The molecule has 0 aliphatic carbocycles. The third kappa shape index (κ3) is 5.22. The number of ether oxygens (including phenoxy) is 1. The molecule has 0 unspecified atom stereocenters. The summed E-state index contributed by atoms with van der Waals surface area (Å²) >= 11 is 7.53. The van der Waals surface area contributed by atoms with Gasteiger partial charge in [0.1, 0.15) is 5.75 Å². The molecule has 1 aliphatic heterocycles. The molecule has 1 fully saturated rings. The summed E-state index contributed by atoms with van der Waals surface area (Å²) in [5.41, 5.74) is 0.732. The number of rotatable bonds is 6. The molecule has 2 aromatic rings. The van der Waals surface area contributed by atoms with Crippen molar-refractivity contribution >= 4 is 45.0 Å². The van der Waals surface area contributed by atoms with Crippen LogP contribution in [0.25, 0.3) is 0 Å². The van der Waals surface area contributed by atoms with Crippen molar-refractivity contribution in [2.75, 3.05) is 31.2 Å². The minimum absolute atomic E-state index is 0.0328. The van der Waals surface area contributed by atoms with Crippen LogP contribution >= 0.6 is 23.4 Å². The SMILES string of the molecule is COc1ccc(NS(=O)(=O)c2ccc(SC)c(C(=O)N3CCCCCC3)c2)cc1Cl. The van der Waals surface area contributed by atoms with Crippen LogP contribution in [-0.4, -0.2) is 45.7 Å². The van der Waals surface area contributed by atoms with E-state index in [2.05, 4.69) is 4.72 Å². The number of nitrogens with one attached hydrogen (secondary N) is 1. The third-order valence-electron chi connectivity index (χ3n) is 5.01. The maximum Gasteiger partial charge on any atom is 0.261 e. The van der Waals surface area contributed by atoms with Gasteiger partial charge in [0.05, 0.1) is 28.3 Å². The highest BCUT2D eigenvalue weighted by atomic mass is 35.5. The van der Waals surface area contributed by atoms with Gasteiger partial charge in [0.15, 0.2) is 0 Å². The summed E-state index contributed by atoms with van der Waals surface area (Å²) in [6.45, 7) is 1.40. The van der Waals surface area contributed by atoms with E-state index < -0.39 is 10.0 Å². The monoisotopic (exact) mass is 468 g/mol. The van der Waals surface area contributed by atoms with E-state index in [1.54, 1.807) is 18.2 Å². The van der Waals surface area contributed by atoms with Crippen molar-refractivity contribution in [2.45, 2.75) is 35.5 Å². The average molecular weight is 469 g/mol. The van der Waals surface area contributed by atoms with E-state index in [4.69, 9.17) is 16.3 Å². The molecule has 0 saturated carbocycles. The largest absolute Gasteiger partial charge is 0.495 e. The third-order valence-corrected chi connectivity index (χ3v) is 7.48. The Hall–Kier alpha value is -1.90. The van der Waals surface area contributed by atoms with Gasteiger partial charge in [-0.25, -0.2) is 8.42 Å². The fourth-order valence-corrected chi connectivity index (χ4v) is 5.31. The Labute approximate surface area is 187 Å². The highest BCUT2D eigenvalue weighted by Crippen LogP contribution is 2.30. The Morgan fingerprint density at radius 1 is 1.10 bits per heavy atom. The number of thioether (sulfide) groups is 1. The second kappa shape index (κ2) is 9.94. The van der Waals surface area contributed by atoms with Crippen LogP contribution in [0.2, 0.25) is 5.02 Å². The molecule has 1 heterocycles. The minimum atomic E-state index is -3.90. The molecule has 1 amide bonds. The van der Waals surface area contributed by atoms with Crippen LogP contribution in [0.15, 0.2) is 46.2 Å². The molecule has 1 saturated heterocycles. The molecule has 6 nitrogen and oxygen atoms in total. The molecule has 3 rings (SSSR count). The van der Waals surface area contributed by atoms with Gasteiger partial charge in [-0.3, -0.25) is 9.52 Å². The Morgan fingerprint density at radius 3 is 2.40 bits per heavy atom. The second-order valence-electron chi connectivity index (χ2n) is 7.02. The molecular weight excluding hydrogens is 444 g/mol. The fraction of sp³-hybridized carbons (Fsp3) is 0.381. The molecule has 1 aliphatic rings. The molecular formula is C21H25ClN2O4S2. The summed E-state index contributed by atoms with van der Waals surface area (Å²) in [6, 6.07) is 9.31. The second-order valence-corrected chi connectivity index (χ2v) is 9.96. The molecule has 162 valence electrons. The van der Waals surface area contributed by atoms with Crippen molar-refractivity contribution in [2.24, 2.45) is 0 Å². The van der Waals surface area contributed by atoms with Crippen LogP contribution in [0.5, 0.6) is 5.75 Å². The number of amides is 1. The summed E-state index contributed by atoms with van der Waals surface area (Å²) < 4.78 is 33.5. The number of nitrogens with zero attached hydrogens (tertiary/aromatic N) is 1. The summed E-state index contributed by atoms with van der Waals surface area (Å²) in [5, 5.41) is 0.299. The predicted molar refractivity (Wildman–Crippen MR) is 121 cm³/mol. The molecule has 2 aromatic carbocycles. The van der Waals surface area contributed by atoms with Gasteiger partial charge in [-0.1, -0.05) is 24.4 Å². The van der Waals surface area contributed by atoms with Gasteiger partial charge in [-0.15, -0.1) is 11.8 Å². The van der Waals surface area contributed by atoms with Gasteiger partial charge in [0.25, 0.3) is 15.9 Å². The van der Waals surface area contributed by atoms with Crippen molar-refractivity contribution in [1.29, 1.82) is 0 Å². The lowest BCUT2D eigenvalue weighted by Gasteiger charge is -2.22. The van der Waals surface area contributed by atoms with Crippen LogP contribution in [0.3, 0.4) is 0 Å². The van der Waals surface area contributed by atoms with Crippen LogP contribution < -0.4 is 9.46 Å². The molecule has 1 N–H and O–H groups in total. The van der Waals surface area contributed by atoms with E-state index in [-0.39, 0.29) is 10.8 Å². The molecule has 0 spiro atoms. The van der Waals surface area contributed by atoms with Crippen molar-refractivity contribution in [3.63, 3.8) is 0 Å². The first-order valence-electron chi connectivity index (χ1n) is 9.69. The topological polar surface area (TPSA) is 75.7 Å². The molecule has 0 bridgehead atoms. The van der Waals surface area contributed by atoms with E-state index in [0.717, 1.165) is 30.6 Å². The van der Waals surface area contributed by atoms with Crippen molar-refractivity contribution in [3.8, 4) is 5.75 Å². The molecule has 30 heavy (non-hydrogen) atoms. The van der Waals surface area contributed by atoms with Gasteiger partial charge >= 0.3 is 0 Å². The van der Waals surface area contributed by atoms with Crippen molar-refractivity contribution in [3.05, 3.63) is 47.0 Å². The first-order valence-corrected chi connectivity index (χ1v) is 12.8. The first-order chi connectivity index (χ1) is 14.4. The number of hydrogen-bond acceptors (Lipinski definition) is 5. The zero-order chi connectivity index (χ0) is 21.7. The van der Waals surface area contributed by atoms with E-state index in [1.807, 2.05) is 11.2 Å². The number of carbonyl (C=O) groups is 1. The van der Waals surface area contributed by atoms with Gasteiger partial charge in [0.2, 0.25) is 0 Å². The minimum Gasteiger partial charge on any atom is -0.495 e. The normalized spacial score (nSPS) is 14.8. The number of hydrogen-bond donors (Lipinski definition) is 1. The Kier molecular flexibility index (Phi) is 7.55. The lowest BCUT2D eigenvalue weighted by molar-refractivity contribution is 0.0758. The zero-order valence-corrected chi connectivity index (χ0v) is 19.4. The van der Waals surface area contributed by atoms with E-state index in [0.29, 0.717) is 35.1 Å².